The lowest BCUT2D eigenvalue weighted by Gasteiger charge is -2.30. The highest BCUT2D eigenvalue weighted by atomic mass is 32.1. The van der Waals surface area contributed by atoms with Crippen LogP contribution < -0.4 is 16.0 Å². The van der Waals surface area contributed by atoms with Crippen molar-refractivity contribution in [1.82, 2.24) is 14.1 Å². The van der Waals surface area contributed by atoms with E-state index < -0.39 is 35.5 Å². The highest BCUT2D eigenvalue weighted by molar-refractivity contribution is 7.22. The van der Waals surface area contributed by atoms with E-state index in [1.807, 2.05) is 0 Å². The Morgan fingerprint density at radius 1 is 1.24 bits per heavy atom. The number of carbonyl (C=O) groups is 1. The molecule has 1 aromatic carbocycles. The minimum atomic E-state index is -3.11. The number of aliphatic carboxylic acids is 1. The van der Waals surface area contributed by atoms with Crippen LogP contribution in [0.2, 0.25) is 0 Å². The third-order valence-electron chi connectivity index (χ3n) is 7.28. The van der Waals surface area contributed by atoms with Gasteiger partial charge in [0.1, 0.15) is 28.5 Å². The molecular weight excluding hydrogens is 576 g/mol. The van der Waals surface area contributed by atoms with Gasteiger partial charge in [-0.25, -0.2) is 19.1 Å². The van der Waals surface area contributed by atoms with Gasteiger partial charge in [-0.2, -0.15) is 8.78 Å². The molecule has 4 aromatic rings. The highest BCUT2D eigenvalue weighted by Crippen LogP contribution is 2.38. The molecule has 224 valence electrons. The molecule has 0 saturated carbocycles. The van der Waals surface area contributed by atoms with E-state index in [-0.39, 0.29) is 40.1 Å². The molecule has 11 nitrogen and oxygen atoms in total. The summed E-state index contributed by atoms with van der Waals surface area (Å²) in [5.41, 5.74) is -2.88. The smallest absolute Gasteiger partial charge is 0.387 e. The summed E-state index contributed by atoms with van der Waals surface area (Å²) in [6.45, 7) is 1.72. The van der Waals surface area contributed by atoms with Gasteiger partial charge in [0.15, 0.2) is 0 Å². The molecule has 3 aromatic heterocycles. The molecule has 4 heterocycles. The van der Waals surface area contributed by atoms with E-state index in [4.69, 9.17) is 18.6 Å². The number of benzene rings is 1. The predicted octanol–water partition coefficient (Wildman–Crippen LogP) is 4.55. The molecule has 42 heavy (non-hydrogen) atoms. The van der Waals surface area contributed by atoms with Crippen LogP contribution in [-0.2, 0) is 26.4 Å². The molecule has 1 fully saturated rings. The van der Waals surface area contributed by atoms with Crippen molar-refractivity contribution in [3.8, 4) is 16.5 Å². The van der Waals surface area contributed by atoms with Crippen LogP contribution in [0.4, 0.5) is 8.78 Å². The molecule has 0 amide bonds. The minimum absolute atomic E-state index is 0.115. The van der Waals surface area contributed by atoms with E-state index in [2.05, 4.69) is 4.98 Å². The lowest BCUT2D eigenvalue weighted by molar-refractivity contribution is -0.146. The Kier molecular flexibility index (Phi) is 8.30. The van der Waals surface area contributed by atoms with Crippen molar-refractivity contribution in [1.29, 1.82) is 0 Å². The van der Waals surface area contributed by atoms with Gasteiger partial charge in [0.25, 0.3) is 5.56 Å². The predicted molar refractivity (Wildman–Crippen MR) is 148 cm³/mol. The molecule has 0 unspecified atom stereocenters. The average molecular weight is 606 g/mol. The van der Waals surface area contributed by atoms with Gasteiger partial charge in [-0.3, -0.25) is 9.36 Å². The first-order valence-electron chi connectivity index (χ1n) is 13.2. The van der Waals surface area contributed by atoms with Gasteiger partial charge in [0.2, 0.25) is 5.89 Å². The van der Waals surface area contributed by atoms with E-state index in [0.717, 1.165) is 11.3 Å². The molecule has 1 aliphatic heterocycles. The van der Waals surface area contributed by atoms with Crippen LogP contribution in [0.1, 0.15) is 43.9 Å². The van der Waals surface area contributed by atoms with Crippen molar-refractivity contribution >= 4 is 27.5 Å². The van der Waals surface area contributed by atoms with Crippen molar-refractivity contribution in [3.63, 3.8) is 0 Å². The van der Waals surface area contributed by atoms with Crippen molar-refractivity contribution in [3.05, 3.63) is 68.7 Å². The highest BCUT2D eigenvalue weighted by Gasteiger charge is 2.36. The third-order valence-corrected chi connectivity index (χ3v) is 8.58. The summed E-state index contributed by atoms with van der Waals surface area (Å²) in [6.07, 6.45) is 2.58. The number of oxazole rings is 1. The molecule has 0 spiro atoms. The fourth-order valence-corrected chi connectivity index (χ4v) is 6.25. The number of aryl methyl sites for hydroxylation is 1. The van der Waals surface area contributed by atoms with Crippen LogP contribution in [0, 0.1) is 6.92 Å². The fourth-order valence-electron chi connectivity index (χ4n) is 5.01. The van der Waals surface area contributed by atoms with Gasteiger partial charge < -0.3 is 23.7 Å². The molecule has 1 N–H and O–H groups in total. The minimum Gasteiger partial charge on any atom is -0.480 e. The zero-order valence-electron chi connectivity index (χ0n) is 23.0. The SMILES string of the molecule is Cc1c(-c2ncco2)sc2c1c(=O)n(C(C)(C)C(=O)O)c(=O)n2C[C@H](OC1CCOCC1)c1ccccc1OC(F)F. The van der Waals surface area contributed by atoms with E-state index in [1.165, 1.54) is 43.0 Å². The van der Waals surface area contributed by atoms with Crippen LogP contribution in [0.15, 0.2) is 50.7 Å². The summed E-state index contributed by atoms with van der Waals surface area (Å²) >= 11 is 1.08. The first-order valence-corrected chi connectivity index (χ1v) is 14.0. The van der Waals surface area contributed by atoms with Crippen molar-refractivity contribution in [2.75, 3.05) is 13.2 Å². The van der Waals surface area contributed by atoms with E-state index in [0.29, 0.717) is 41.1 Å². The maximum atomic E-state index is 14.1. The zero-order valence-corrected chi connectivity index (χ0v) is 23.9. The number of ether oxygens (including phenoxy) is 3. The number of para-hydroxylation sites is 1. The monoisotopic (exact) mass is 605 g/mol. The Morgan fingerprint density at radius 2 is 1.95 bits per heavy atom. The average Bonchev–Trinajstić information content (AvgIpc) is 3.59. The summed E-state index contributed by atoms with van der Waals surface area (Å²) in [7, 11) is 0. The summed E-state index contributed by atoms with van der Waals surface area (Å²) in [6, 6.07) is 6.12. The first-order chi connectivity index (χ1) is 20.0. The number of aromatic nitrogens is 3. The maximum Gasteiger partial charge on any atom is 0.387 e. The van der Waals surface area contributed by atoms with Crippen LogP contribution >= 0.6 is 11.3 Å². The van der Waals surface area contributed by atoms with Crippen molar-refractivity contribution < 1.29 is 37.3 Å². The Bertz CT molecular complexity index is 1700. The van der Waals surface area contributed by atoms with Gasteiger partial charge in [-0.1, -0.05) is 18.2 Å². The molecule has 0 bridgehead atoms. The molecule has 1 atom stereocenters. The number of halogens is 2. The number of carboxylic acid groups (broad SMARTS) is 1. The van der Waals surface area contributed by atoms with Crippen LogP contribution in [0.25, 0.3) is 21.0 Å². The number of hydrogen-bond donors (Lipinski definition) is 1. The number of nitrogens with zero attached hydrogens (tertiary/aromatic N) is 3. The lowest BCUT2D eigenvalue weighted by Crippen LogP contribution is -2.52. The van der Waals surface area contributed by atoms with Crippen LogP contribution in [-0.4, -0.2) is 51.1 Å². The summed E-state index contributed by atoms with van der Waals surface area (Å²) in [5, 5.41) is 10.1. The number of hydrogen-bond acceptors (Lipinski definition) is 9. The standard InChI is InChI=1S/C28H29F2N3O8S/c1-15-20-23(34)33(28(2,3)25(35)36)27(37)32(24(20)42-21(15)22-31-10-13-39-22)14-19(40-16-8-11-38-12-9-16)17-6-4-5-7-18(17)41-26(29)30/h4-7,10,13,16,19,26H,8-9,11-12,14H2,1-3H3,(H,35,36)/t19-/m0/s1. The maximum absolute atomic E-state index is 14.1. The molecule has 0 radical (unpaired) electrons. The van der Waals surface area contributed by atoms with Gasteiger partial charge >= 0.3 is 18.3 Å². The Morgan fingerprint density at radius 3 is 2.60 bits per heavy atom. The zero-order chi connectivity index (χ0) is 30.2. The topological polar surface area (TPSA) is 135 Å². The third kappa shape index (κ3) is 5.49. The number of thiophene rings is 1. The Hall–Kier alpha value is -3.88. The Balaban J connectivity index is 1.75. The van der Waals surface area contributed by atoms with E-state index >= 15 is 0 Å². The molecule has 1 saturated heterocycles. The Labute approximate surface area is 241 Å². The normalized spacial score (nSPS) is 15.4. The van der Waals surface area contributed by atoms with E-state index in [1.54, 1.807) is 19.1 Å². The summed E-state index contributed by atoms with van der Waals surface area (Å²) in [5.74, 6) is -1.29. The van der Waals surface area contributed by atoms with Crippen LogP contribution in [0.3, 0.4) is 0 Å². The van der Waals surface area contributed by atoms with Gasteiger partial charge in [0.05, 0.1) is 29.1 Å². The molecule has 1 aliphatic rings. The van der Waals surface area contributed by atoms with Crippen molar-refractivity contribution in [2.24, 2.45) is 0 Å². The molecular formula is C28H29F2N3O8S. The summed E-state index contributed by atoms with van der Waals surface area (Å²) in [4.78, 5) is 45.0. The fraction of sp³-hybridized carbons (Fsp3) is 0.429. The molecule has 5 rings (SSSR count). The second-order valence-corrected chi connectivity index (χ2v) is 11.3. The number of alkyl halides is 2. The van der Waals surface area contributed by atoms with Gasteiger partial charge in [-0.05, 0) is 45.2 Å². The van der Waals surface area contributed by atoms with Gasteiger partial charge in [-0.15, -0.1) is 11.3 Å². The van der Waals surface area contributed by atoms with E-state index in [9.17, 15) is 28.3 Å². The molecule has 0 aliphatic carbocycles. The van der Waals surface area contributed by atoms with Crippen molar-refractivity contribution in [2.45, 2.75) is 64.5 Å². The number of carboxylic acids is 1. The second-order valence-electron chi connectivity index (χ2n) is 10.3. The van der Waals surface area contributed by atoms with Gasteiger partial charge in [0, 0.05) is 18.8 Å². The lowest BCUT2D eigenvalue weighted by atomic mass is 10.0. The quantitative estimate of drug-likeness (QED) is 0.276. The first kappa shape index (κ1) is 29.6. The molecule has 14 heteroatoms. The summed E-state index contributed by atoms with van der Waals surface area (Å²) < 4.78 is 50.8. The largest absolute Gasteiger partial charge is 0.480 e. The number of fused-ring (bicyclic) bond motifs is 1. The second kappa shape index (κ2) is 11.8. The van der Waals surface area contributed by atoms with Crippen LogP contribution in [0.5, 0.6) is 5.75 Å². The number of rotatable bonds is 10.